The van der Waals surface area contributed by atoms with E-state index >= 15 is 0 Å². The highest BCUT2D eigenvalue weighted by Gasteiger charge is 2.03. The Morgan fingerprint density at radius 2 is 2.40 bits per heavy atom. The molecule has 0 aliphatic heterocycles. The first-order valence-electron chi connectivity index (χ1n) is 2.49. The molecular formula is C6H3BrN2O. The Morgan fingerprint density at radius 3 is 2.90 bits per heavy atom. The van der Waals surface area contributed by atoms with Crippen LogP contribution in [0.2, 0.25) is 0 Å². The van der Waals surface area contributed by atoms with Gasteiger partial charge in [-0.15, -0.1) is 0 Å². The highest BCUT2D eigenvalue weighted by molar-refractivity contribution is 9.10. The molecule has 1 aromatic rings. The zero-order valence-corrected chi connectivity index (χ0v) is 6.46. The first-order chi connectivity index (χ1) is 4.75. The summed E-state index contributed by atoms with van der Waals surface area (Å²) < 4.78 is 0.485. The second-order valence-electron chi connectivity index (χ2n) is 1.60. The second kappa shape index (κ2) is 2.67. The maximum absolute atomic E-state index is 9.07. The number of aromatic hydroxyl groups is 1. The normalized spacial score (nSPS) is 8.80. The zero-order chi connectivity index (χ0) is 7.56. The van der Waals surface area contributed by atoms with Crippen molar-refractivity contribution in [3.8, 4) is 11.8 Å². The van der Waals surface area contributed by atoms with Crippen LogP contribution in [0.15, 0.2) is 16.7 Å². The number of nitriles is 1. The van der Waals surface area contributed by atoms with Crippen molar-refractivity contribution in [2.45, 2.75) is 0 Å². The van der Waals surface area contributed by atoms with Crippen molar-refractivity contribution < 1.29 is 5.11 Å². The van der Waals surface area contributed by atoms with Crippen molar-refractivity contribution in [3.05, 3.63) is 22.4 Å². The van der Waals surface area contributed by atoms with Gasteiger partial charge in [0, 0.05) is 6.20 Å². The Hall–Kier alpha value is -1.08. The van der Waals surface area contributed by atoms with Gasteiger partial charge >= 0.3 is 0 Å². The van der Waals surface area contributed by atoms with Crippen molar-refractivity contribution in [3.63, 3.8) is 0 Å². The van der Waals surface area contributed by atoms with Crippen LogP contribution in [0.5, 0.6) is 5.75 Å². The predicted octanol–water partition coefficient (Wildman–Crippen LogP) is 1.42. The van der Waals surface area contributed by atoms with E-state index in [2.05, 4.69) is 20.9 Å². The molecule has 50 valence electrons. The first-order valence-corrected chi connectivity index (χ1v) is 3.28. The van der Waals surface area contributed by atoms with Gasteiger partial charge in [0.25, 0.3) is 0 Å². The number of halogens is 1. The van der Waals surface area contributed by atoms with Crippen LogP contribution < -0.4 is 0 Å². The lowest BCUT2D eigenvalue weighted by atomic mass is 10.3. The van der Waals surface area contributed by atoms with Crippen molar-refractivity contribution in [1.29, 1.82) is 5.26 Å². The third-order valence-electron chi connectivity index (χ3n) is 0.981. The summed E-state index contributed by atoms with van der Waals surface area (Å²) in [5.74, 6) is -0.106. The molecule has 3 nitrogen and oxygen atoms in total. The van der Waals surface area contributed by atoms with Crippen LogP contribution in [0.25, 0.3) is 0 Å². The van der Waals surface area contributed by atoms with Gasteiger partial charge in [-0.05, 0) is 22.0 Å². The van der Waals surface area contributed by atoms with E-state index in [1.165, 1.54) is 6.20 Å². The molecule has 0 aliphatic rings. The molecule has 1 aromatic heterocycles. The molecule has 10 heavy (non-hydrogen) atoms. The van der Waals surface area contributed by atoms with Crippen LogP contribution in [-0.4, -0.2) is 10.1 Å². The molecule has 0 atom stereocenters. The fourth-order valence-electron chi connectivity index (χ4n) is 0.512. The summed E-state index contributed by atoms with van der Waals surface area (Å²) in [5.41, 5.74) is 0.0365. The van der Waals surface area contributed by atoms with Crippen LogP contribution in [0, 0.1) is 11.3 Å². The Labute approximate surface area is 66.1 Å². The smallest absolute Gasteiger partial charge is 0.183 e. The van der Waals surface area contributed by atoms with Gasteiger partial charge < -0.3 is 5.11 Å². The van der Waals surface area contributed by atoms with E-state index in [9.17, 15) is 0 Å². The van der Waals surface area contributed by atoms with E-state index in [1.54, 1.807) is 12.1 Å². The van der Waals surface area contributed by atoms with Crippen molar-refractivity contribution in [2.75, 3.05) is 0 Å². The average Bonchev–Trinajstić information content (AvgIpc) is 1.95. The van der Waals surface area contributed by atoms with Crippen LogP contribution in [0.3, 0.4) is 0 Å². The zero-order valence-electron chi connectivity index (χ0n) is 4.87. The number of pyridine rings is 1. The Morgan fingerprint density at radius 1 is 1.70 bits per heavy atom. The Bertz CT molecular complexity index is 292. The number of aromatic nitrogens is 1. The summed E-state index contributed by atoms with van der Waals surface area (Å²) in [6.45, 7) is 0. The lowest BCUT2D eigenvalue weighted by Crippen LogP contribution is -1.81. The van der Waals surface area contributed by atoms with E-state index in [0.717, 1.165) is 0 Å². The molecule has 0 spiro atoms. The van der Waals surface area contributed by atoms with Crippen molar-refractivity contribution in [1.82, 2.24) is 4.98 Å². The van der Waals surface area contributed by atoms with Crippen molar-refractivity contribution in [2.24, 2.45) is 0 Å². The minimum atomic E-state index is -0.106. The summed E-state index contributed by atoms with van der Waals surface area (Å²) >= 11 is 3.05. The number of rotatable bonds is 0. The molecule has 1 rings (SSSR count). The molecule has 0 aliphatic carbocycles. The topological polar surface area (TPSA) is 56.9 Å². The van der Waals surface area contributed by atoms with Gasteiger partial charge in [-0.25, -0.2) is 4.98 Å². The largest absolute Gasteiger partial charge is 0.504 e. The van der Waals surface area contributed by atoms with Crippen LogP contribution >= 0.6 is 15.9 Å². The maximum atomic E-state index is 9.07. The van der Waals surface area contributed by atoms with Gasteiger partial charge in [0.15, 0.2) is 11.4 Å². The Kier molecular flexibility index (Phi) is 1.88. The van der Waals surface area contributed by atoms with E-state index in [-0.39, 0.29) is 11.4 Å². The molecule has 1 heterocycles. The maximum Gasteiger partial charge on any atom is 0.183 e. The lowest BCUT2D eigenvalue weighted by Gasteiger charge is -1.94. The summed E-state index contributed by atoms with van der Waals surface area (Å²) in [7, 11) is 0. The standard InChI is InChI=1S/C6H3BrN2O/c7-4-1-2-9-5(3-8)6(4)10/h1-2,10H. The summed E-state index contributed by atoms with van der Waals surface area (Å²) in [6.07, 6.45) is 1.45. The van der Waals surface area contributed by atoms with Gasteiger partial charge in [0.1, 0.15) is 6.07 Å². The average molecular weight is 199 g/mol. The molecule has 0 fully saturated rings. The minimum Gasteiger partial charge on any atom is -0.504 e. The van der Waals surface area contributed by atoms with E-state index in [4.69, 9.17) is 10.4 Å². The fourth-order valence-corrected chi connectivity index (χ4v) is 0.818. The van der Waals surface area contributed by atoms with Gasteiger partial charge in [0.05, 0.1) is 4.47 Å². The summed E-state index contributed by atoms with van der Waals surface area (Å²) in [5, 5.41) is 17.4. The molecule has 0 aromatic carbocycles. The lowest BCUT2D eigenvalue weighted by molar-refractivity contribution is 0.467. The number of hydrogen-bond acceptors (Lipinski definition) is 3. The van der Waals surface area contributed by atoms with E-state index in [1.807, 2.05) is 0 Å². The quantitative estimate of drug-likeness (QED) is 0.687. The second-order valence-corrected chi connectivity index (χ2v) is 2.46. The third-order valence-corrected chi connectivity index (χ3v) is 1.62. The summed E-state index contributed by atoms with van der Waals surface area (Å²) in [4.78, 5) is 3.62. The molecule has 4 heteroatoms. The SMILES string of the molecule is N#Cc1nccc(Br)c1O. The van der Waals surface area contributed by atoms with E-state index in [0.29, 0.717) is 4.47 Å². The molecule has 0 saturated heterocycles. The fraction of sp³-hybridized carbons (Fsp3) is 0. The van der Waals surface area contributed by atoms with Gasteiger partial charge in [-0.2, -0.15) is 5.26 Å². The van der Waals surface area contributed by atoms with Crippen LogP contribution in [0.4, 0.5) is 0 Å². The van der Waals surface area contributed by atoms with Gasteiger partial charge in [0.2, 0.25) is 0 Å². The molecule has 1 N–H and O–H groups in total. The van der Waals surface area contributed by atoms with Gasteiger partial charge in [-0.3, -0.25) is 0 Å². The summed E-state index contributed by atoms with van der Waals surface area (Å²) in [6, 6.07) is 3.31. The van der Waals surface area contributed by atoms with Crippen LogP contribution in [-0.2, 0) is 0 Å². The molecule has 0 amide bonds. The highest BCUT2D eigenvalue weighted by atomic mass is 79.9. The number of hydrogen-bond donors (Lipinski definition) is 1. The van der Waals surface area contributed by atoms with E-state index < -0.39 is 0 Å². The first kappa shape index (κ1) is 7.03. The molecule has 0 unspecified atom stereocenters. The molecule has 0 bridgehead atoms. The monoisotopic (exact) mass is 198 g/mol. The molecule has 0 saturated carbocycles. The predicted molar refractivity (Wildman–Crippen MR) is 38.3 cm³/mol. The van der Waals surface area contributed by atoms with Crippen molar-refractivity contribution >= 4 is 15.9 Å². The Balaban J connectivity index is 3.31. The molecule has 0 radical (unpaired) electrons. The number of nitrogens with zero attached hydrogens (tertiary/aromatic N) is 2. The minimum absolute atomic E-state index is 0.0365. The van der Waals surface area contributed by atoms with Gasteiger partial charge in [-0.1, -0.05) is 0 Å². The highest BCUT2D eigenvalue weighted by Crippen LogP contribution is 2.24. The molecular weight excluding hydrogens is 196 g/mol. The third kappa shape index (κ3) is 1.09. The van der Waals surface area contributed by atoms with Crippen LogP contribution in [0.1, 0.15) is 5.69 Å².